The van der Waals surface area contributed by atoms with Crippen LogP contribution in [0.15, 0.2) is 18.2 Å². The molecule has 1 amide bonds. The van der Waals surface area contributed by atoms with Crippen molar-refractivity contribution in [3.8, 4) is 5.75 Å². The molecule has 0 spiro atoms. The summed E-state index contributed by atoms with van der Waals surface area (Å²) in [6, 6.07) is 5.64. The zero-order valence-electron chi connectivity index (χ0n) is 11.9. The summed E-state index contributed by atoms with van der Waals surface area (Å²) in [4.78, 5) is 12.1. The van der Waals surface area contributed by atoms with Crippen molar-refractivity contribution in [2.45, 2.75) is 32.6 Å². The number of benzene rings is 1. The van der Waals surface area contributed by atoms with Crippen molar-refractivity contribution < 1.29 is 14.6 Å². The molecule has 0 radical (unpaired) electrons. The quantitative estimate of drug-likeness (QED) is 0.744. The molecule has 0 fully saturated rings. The van der Waals surface area contributed by atoms with Crippen LogP contribution in [0.1, 0.15) is 48.5 Å². The van der Waals surface area contributed by atoms with Crippen LogP contribution in [0.3, 0.4) is 0 Å². The summed E-state index contributed by atoms with van der Waals surface area (Å²) in [7, 11) is 1.59. The fourth-order valence-electron chi connectivity index (χ4n) is 1.95. The van der Waals surface area contributed by atoms with Crippen LogP contribution < -0.4 is 10.1 Å². The lowest BCUT2D eigenvalue weighted by molar-refractivity contribution is 0.0948. The Morgan fingerprint density at radius 2 is 2.21 bits per heavy atom. The third-order valence-corrected chi connectivity index (χ3v) is 3.26. The normalized spacial score (nSPS) is 12.0. The van der Waals surface area contributed by atoms with Gasteiger partial charge in [0.25, 0.3) is 5.91 Å². The monoisotopic (exact) mass is 265 g/mol. The average molecular weight is 265 g/mol. The van der Waals surface area contributed by atoms with Crippen LogP contribution in [0, 0.1) is 0 Å². The zero-order valence-corrected chi connectivity index (χ0v) is 11.9. The predicted octanol–water partition coefficient (Wildman–Crippen LogP) is 2.32. The van der Waals surface area contributed by atoms with Crippen molar-refractivity contribution in [3.05, 3.63) is 29.3 Å². The van der Waals surface area contributed by atoms with E-state index >= 15 is 0 Å². The van der Waals surface area contributed by atoms with E-state index in [1.165, 1.54) is 0 Å². The molecule has 0 aromatic heterocycles. The van der Waals surface area contributed by atoms with Crippen molar-refractivity contribution >= 4 is 5.91 Å². The van der Waals surface area contributed by atoms with E-state index in [0.717, 1.165) is 12.0 Å². The standard InChI is InChI=1S/C15H23NO3/c1-4-11(2)12-7-5-8-13(14(12)19-3)15(18)16-9-6-10-17/h5,7-8,11,17H,4,6,9-10H2,1-3H3,(H,16,18). The highest BCUT2D eigenvalue weighted by Gasteiger charge is 2.17. The van der Waals surface area contributed by atoms with Crippen LogP contribution in [0.5, 0.6) is 5.75 Å². The van der Waals surface area contributed by atoms with Gasteiger partial charge in [0.1, 0.15) is 5.75 Å². The minimum absolute atomic E-state index is 0.0737. The lowest BCUT2D eigenvalue weighted by Crippen LogP contribution is -2.25. The second kappa shape index (κ2) is 7.79. The highest BCUT2D eigenvalue weighted by Crippen LogP contribution is 2.31. The van der Waals surface area contributed by atoms with Gasteiger partial charge < -0.3 is 15.2 Å². The second-order valence-corrected chi connectivity index (χ2v) is 4.57. The third kappa shape index (κ3) is 3.96. The molecular formula is C15H23NO3. The van der Waals surface area contributed by atoms with E-state index in [1.807, 2.05) is 12.1 Å². The highest BCUT2D eigenvalue weighted by atomic mass is 16.5. The smallest absolute Gasteiger partial charge is 0.255 e. The number of carbonyl (C=O) groups is 1. The molecule has 1 atom stereocenters. The van der Waals surface area contributed by atoms with Gasteiger partial charge in [-0.3, -0.25) is 4.79 Å². The molecule has 0 heterocycles. The summed E-state index contributed by atoms with van der Waals surface area (Å²) >= 11 is 0. The Morgan fingerprint density at radius 1 is 1.47 bits per heavy atom. The molecule has 1 aromatic carbocycles. The van der Waals surface area contributed by atoms with Crippen molar-refractivity contribution in [3.63, 3.8) is 0 Å². The molecule has 19 heavy (non-hydrogen) atoms. The van der Waals surface area contributed by atoms with Crippen molar-refractivity contribution in [1.82, 2.24) is 5.32 Å². The van der Waals surface area contributed by atoms with Gasteiger partial charge in [-0.05, 0) is 30.4 Å². The fourth-order valence-corrected chi connectivity index (χ4v) is 1.95. The Kier molecular flexibility index (Phi) is 6.36. The molecule has 106 valence electrons. The van der Waals surface area contributed by atoms with E-state index in [1.54, 1.807) is 13.2 Å². The van der Waals surface area contributed by atoms with Gasteiger partial charge in [0.05, 0.1) is 12.7 Å². The number of nitrogens with one attached hydrogen (secondary N) is 1. The fraction of sp³-hybridized carbons (Fsp3) is 0.533. The minimum Gasteiger partial charge on any atom is -0.496 e. The molecule has 2 N–H and O–H groups in total. The molecule has 1 aromatic rings. The summed E-state index contributed by atoms with van der Waals surface area (Å²) in [6.45, 7) is 4.76. The van der Waals surface area contributed by atoms with Crippen LogP contribution in [0.2, 0.25) is 0 Å². The van der Waals surface area contributed by atoms with E-state index in [2.05, 4.69) is 19.2 Å². The molecule has 0 saturated heterocycles. The van der Waals surface area contributed by atoms with Crippen molar-refractivity contribution in [2.24, 2.45) is 0 Å². The highest BCUT2D eigenvalue weighted by molar-refractivity contribution is 5.97. The van der Waals surface area contributed by atoms with Gasteiger partial charge in [0, 0.05) is 13.2 Å². The summed E-state index contributed by atoms with van der Waals surface area (Å²) in [5.41, 5.74) is 1.61. The van der Waals surface area contributed by atoms with Crippen LogP contribution in [0.4, 0.5) is 0 Å². The number of methoxy groups -OCH3 is 1. The maximum Gasteiger partial charge on any atom is 0.255 e. The van der Waals surface area contributed by atoms with Gasteiger partial charge in [0.15, 0.2) is 0 Å². The van der Waals surface area contributed by atoms with E-state index in [0.29, 0.717) is 30.2 Å². The SMILES string of the molecule is CCC(C)c1cccc(C(=O)NCCCO)c1OC. The number of rotatable bonds is 7. The van der Waals surface area contributed by atoms with Gasteiger partial charge in [-0.15, -0.1) is 0 Å². The number of amides is 1. The van der Waals surface area contributed by atoms with E-state index in [-0.39, 0.29) is 12.5 Å². The van der Waals surface area contributed by atoms with Crippen molar-refractivity contribution in [2.75, 3.05) is 20.3 Å². The summed E-state index contributed by atoms with van der Waals surface area (Å²) in [5.74, 6) is 0.842. The number of para-hydroxylation sites is 1. The molecular weight excluding hydrogens is 242 g/mol. The Balaban J connectivity index is 2.97. The van der Waals surface area contributed by atoms with Crippen LogP contribution in [-0.4, -0.2) is 31.3 Å². The van der Waals surface area contributed by atoms with Gasteiger partial charge in [0.2, 0.25) is 0 Å². The third-order valence-electron chi connectivity index (χ3n) is 3.26. The Hall–Kier alpha value is -1.55. The first-order valence-electron chi connectivity index (χ1n) is 6.71. The molecule has 0 aliphatic rings. The molecule has 0 bridgehead atoms. The number of aliphatic hydroxyl groups is 1. The lowest BCUT2D eigenvalue weighted by atomic mass is 9.95. The second-order valence-electron chi connectivity index (χ2n) is 4.57. The lowest BCUT2D eigenvalue weighted by Gasteiger charge is -2.17. The number of aliphatic hydroxyl groups excluding tert-OH is 1. The van der Waals surface area contributed by atoms with E-state index in [9.17, 15) is 4.79 Å². The number of carbonyl (C=O) groups excluding carboxylic acids is 1. The first kappa shape index (κ1) is 15.5. The topological polar surface area (TPSA) is 58.6 Å². The number of hydrogen-bond acceptors (Lipinski definition) is 3. The molecule has 0 aliphatic heterocycles. The van der Waals surface area contributed by atoms with Crippen LogP contribution >= 0.6 is 0 Å². The maximum absolute atomic E-state index is 12.1. The van der Waals surface area contributed by atoms with Gasteiger partial charge >= 0.3 is 0 Å². The summed E-state index contributed by atoms with van der Waals surface area (Å²) < 4.78 is 5.42. The molecule has 0 saturated carbocycles. The molecule has 4 nitrogen and oxygen atoms in total. The first-order chi connectivity index (χ1) is 9.15. The first-order valence-corrected chi connectivity index (χ1v) is 6.71. The largest absolute Gasteiger partial charge is 0.496 e. The zero-order chi connectivity index (χ0) is 14.3. The van der Waals surface area contributed by atoms with Gasteiger partial charge in [-0.25, -0.2) is 0 Å². The summed E-state index contributed by atoms with van der Waals surface area (Å²) in [5, 5.41) is 11.5. The summed E-state index contributed by atoms with van der Waals surface area (Å²) in [6.07, 6.45) is 1.55. The Labute approximate surface area is 114 Å². The number of ether oxygens (including phenoxy) is 1. The molecule has 1 rings (SSSR count). The maximum atomic E-state index is 12.1. The van der Waals surface area contributed by atoms with E-state index < -0.39 is 0 Å². The van der Waals surface area contributed by atoms with Gasteiger partial charge in [-0.1, -0.05) is 26.0 Å². The predicted molar refractivity (Wildman–Crippen MR) is 75.7 cm³/mol. The molecule has 0 aliphatic carbocycles. The van der Waals surface area contributed by atoms with Gasteiger partial charge in [-0.2, -0.15) is 0 Å². The molecule has 4 heteroatoms. The number of hydrogen-bond donors (Lipinski definition) is 2. The average Bonchev–Trinajstić information content (AvgIpc) is 2.45. The van der Waals surface area contributed by atoms with Crippen LogP contribution in [-0.2, 0) is 0 Å². The minimum atomic E-state index is -0.157. The van der Waals surface area contributed by atoms with Crippen LogP contribution in [0.25, 0.3) is 0 Å². The Morgan fingerprint density at radius 3 is 2.79 bits per heavy atom. The Bertz CT molecular complexity index is 418. The van der Waals surface area contributed by atoms with Crippen molar-refractivity contribution in [1.29, 1.82) is 0 Å². The molecule has 1 unspecified atom stereocenters. The van der Waals surface area contributed by atoms with E-state index in [4.69, 9.17) is 9.84 Å².